The lowest BCUT2D eigenvalue weighted by atomic mass is 10.1. The van der Waals surface area contributed by atoms with Gasteiger partial charge in [-0.1, -0.05) is 0 Å². The summed E-state index contributed by atoms with van der Waals surface area (Å²) in [6.45, 7) is 3.70. The number of hydrogen-bond donors (Lipinski definition) is 1. The third kappa shape index (κ3) is 3.94. The number of rotatable bonds is 4. The van der Waals surface area contributed by atoms with Crippen LogP contribution in [0.5, 0.6) is 0 Å². The van der Waals surface area contributed by atoms with Gasteiger partial charge in [-0.25, -0.2) is 13.4 Å². The molecule has 0 atom stereocenters. The van der Waals surface area contributed by atoms with Crippen molar-refractivity contribution in [3.05, 3.63) is 22.5 Å². The molecule has 1 aliphatic rings. The average Bonchev–Trinajstić information content (AvgIpc) is 3.16. The maximum Gasteiger partial charge on any atom is 0.252 e. The van der Waals surface area contributed by atoms with Crippen molar-refractivity contribution in [2.24, 2.45) is 0 Å². The molecule has 0 radical (unpaired) electrons. The molecule has 0 saturated carbocycles. The van der Waals surface area contributed by atoms with Crippen molar-refractivity contribution in [2.75, 3.05) is 20.1 Å². The summed E-state index contributed by atoms with van der Waals surface area (Å²) in [4.78, 5) is 5.33. The fourth-order valence-corrected chi connectivity index (χ4v) is 6.14. The van der Waals surface area contributed by atoms with Gasteiger partial charge in [0.1, 0.15) is 4.21 Å². The van der Waals surface area contributed by atoms with Gasteiger partial charge in [-0.2, -0.15) is 4.31 Å². The molecule has 0 spiro atoms. The van der Waals surface area contributed by atoms with Crippen molar-refractivity contribution >= 4 is 45.1 Å². The molecule has 9 heteroatoms. The Hall–Kier alpha value is -0.510. The Bertz CT molecular complexity index is 751. The Morgan fingerprint density at radius 3 is 2.61 bits per heavy atom. The normalized spacial score (nSPS) is 16.5. The predicted molar refractivity (Wildman–Crippen MR) is 98.3 cm³/mol. The highest BCUT2D eigenvalue weighted by Gasteiger charge is 2.30. The van der Waals surface area contributed by atoms with Crippen molar-refractivity contribution in [2.45, 2.75) is 30.0 Å². The number of thiazole rings is 1. The molecule has 5 nitrogen and oxygen atoms in total. The molecule has 2 aromatic rings. The second-order valence-electron chi connectivity index (χ2n) is 5.37. The predicted octanol–water partition coefficient (Wildman–Crippen LogP) is 2.97. The summed E-state index contributed by atoms with van der Waals surface area (Å²) in [6, 6.07) is 3.63. The van der Waals surface area contributed by atoms with Crippen molar-refractivity contribution in [1.29, 1.82) is 0 Å². The number of sulfonamides is 1. The molecular weight excluding hydrogens is 374 g/mol. The third-order valence-electron chi connectivity index (χ3n) is 3.91. The van der Waals surface area contributed by atoms with Gasteiger partial charge in [-0.3, -0.25) is 0 Å². The first-order valence-corrected chi connectivity index (χ1v) is 10.3. The van der Waals surface area contributed by atoms with Crippen LogP contribution in [0, 0.1) is 6.92 Å². The fourth-order valence-electron chi connectivity index (χ4n) is 2.58. The summed E-state index contributed by atoms with van der Waals surface area (Å²) in [7, 11) is -1.73. The van der Waals surface area contributed by atoms with E-state index in [-0.39, 0.29) is 18.4 Å². The van der Waals surface area contributed by atoms with Gasteiger partial charge in [0, 0.05) is 18.5 Å². The molecule has 2 aromatic heterocycles. The monoisotopic (exact) mass is 393 g/mol. The van der Waals surface area contributed by atoms with E-state index in [0.717, 1.165) is 41.5 Å². The van der Waals surface area contributed by atoms with Gasteiger partial charge in [0.25, 0.3) is 10.0 Å². The summed E-state index contributed by atoms with van der Waals surface area (Å²) < 4.78 is 27.5. The molecule has 128 valence electrons. The summed E-state index contributed by atoms with van der Waals surface area (Å²) in [5.41, 5.74) is 0.860. The van der Waals surface area contributed by atoms with Crippen LogP contribution in [0.1, 0.15) is 17.8 Å². The van der Waals surface area contributed by atoms with E-state index in [9.17, 15) is 8.42 Å². The van der Waals surface area contributed by atoms with Crippen LogP contribution >= 0.6 is 35.1 Å². The van der Waals surface area contributed by atoms with Gasteiger partial charge in [0.2, 0.25) is 0 Å². The minimum Gasteiger partial charge on any atom is -0.317 e. The van der Waals surface area contributed by atoms with E-state index in [1.165, 1.54) is 15.6 Å². The van der Waals surface area contributed by atoms with Crippen molar-refractivity contribution in [3.8, 4) is 10.6 Å². The zero-order valence-electron chi connectivity index (χ0n) is 13.0. The minimum atomic E-state index is -3.42. The van der Waals surface area contributed by atoms with E-state index < -0.39 is 10.0 Å². The van der Waals surface area contributed by atoms with E-state index in [0.29, 0.717) is 4.21 Å². The molecule has 1 aliphatic heterocycles. The van der Waals surface area contributed by atoms with Gasteiger partial charge in [0.05, 0.1) is 15.6 Å². The minimum absolute atomic E-state index is 0. The number of halogens is 1. The molecule has 0 amide bonds. The smallest absolute Gasteiger partial charge is 0.252 e. The van der Waals surface area contributed by atoms with Crippen LogP contribution in [0.15, 0.2) is 21.7 Å². The molecule has 23 heavy (non-hydrogen) atoms. The SMILES string of the molecule is Cc1nc(-c2ccc(S(=O)(=O)N(C)C3CCNCC3)s2)cs1.Cl. The van der Waals surface area contributed by atoms with Crippen LogP contribution in [0.3, 0.4) is 0 Å². The number of thiophene rings is 1. The van der Waals surface area contributed by atoms with E-state index >= 15 is 0 Å². The summed E-state index contributed by atoms with van der Waals surface area (Å²) in [6.07, 6.45) is 1.72. The topological polar surface area (TPSA) is 62.3 Å². The molecule has 1 fully saturated rings. The lowest BCUT2D eigenvalue weighted by molar-refractivity contribution is 0.297. The molecule has 1 N–H and O–H groups in total. The first kappa shape index (κ1) is 18.8. The quantitative estimate of drug-likeness (QED) is 0.867. The van der Waals surface area contributed by atoms with E-state index in [2.05, 4.69) is 10.3 Å². The van der Waals surface area contributed by atoms with Gasteiger partial charge in [-0.05, 0) is 45.0 Å². The van der Waals surface area contributed by atoms with Gasteiger partial charge in [-0.15, -0.1) is 35.1 Å². The maximum absolute atomic E-state index is 12.8. The Labute approximate surface area is 151 Å². The summed E-state index contributed by atoms with van der Waals surface area (Å²) in [5, 5.41) is 6.21. The lowest BCUT2D eigenvalue weighted by Crippen LogP contribution is -2.43. The highest BCUT2D eigenvalue weighted by Crippen LogP contribution is 2.33. The van der Waals surface area contributed by atoms with Crippen LogP contribution in [0.4, 0.5) is 0 Å². The first-order valence-electron chi connectivity index (χ1n) is 7.19. The van der Waals surface area contributed by atoms with E-state index in [1.807, 2.05) is 18.4 Å². The van der Waals surface area contributed by atoms with Crippen LogP contribution in [0.2, 0.25) is 0 Å². The number of nitrogens with one attached hydrogen (secondary N) is 1. The molecular formula is C14H20ClN3O2S3. The van der Waals surface area contributed by atoms with Crippen molar-refractivity contribution < 1.29 is 8.42 Å². The standard InChI is InChI=1S/C14H19N3O2S3.ClH/c1-10-16-12(9-20-10)13-3-4-14(21-13)22(18,19)17(2)11-5-7-15-8-6-11;/h3-4,9,11,15H,5-8H2,1-2H3;1H. The number of piperidine rings is 1. The van der Waals surface area contributed by atoms with Crippen LogP contribution in [0.25, 0.3) is 10.6 Å². The van der Waals surface area contributed by atoms with Crippen LogP contribution < -0.4 is 5.32 Å². The van der Waals surface area contributed by atoms with Crippen molar-refractivity contribution in [3.63, 3.8) is 0 Å². The largest absolute Gasteiger partial charge is 0.317 e. The van der Waals surface area contributed by atoms with Crippen LogP contribution in [-0.2, 0) is 10.0 Å². The second kappa shape index (κ2) is 7.58. The summed E-state index contributed by atoms with van der Waals surface area (Å²) >= 11 is 2.87. The first-order chi connectivity index (χ1) is 10.5. The number of nitrogens with zero attached hydrogens (tertiary/aromatic N) is 2. The number of aryl methyl sites for hydroxylation is 1. The van der Waals surface area contributed by atoms with Gasteiger partial charge in [0.15, 0.2) is 0 Å². The Morgan fingerprint density at radius 2 is 2.00 bits per heavy atom. The van der Waals surface area contributed by atoms with Crippen LogP contribution in [-0.4, -0.2) is 43.9 Å². The van der Waals surface area contributed by atoms with Crippen molar-refractivity contribution in [1.82, 2.24) is 14.6 Å². The highest BCUT2D eigenvalue weighted by atomic mass is 35.5. The molecule has 0 bridgehead atoms. The summed E-state index contributed by atoms with van der Waals surface area (Å²) in [5.74, 6) is 0. The number of hydrogen-bond acceptors (Lipinski definition) is 6. The maximum atomic E-state index is 12.8. The fraction of sp³-hybridized carbons (Fsp3) is 0.500. The Balaban J connectivity index is 0.00000192. The molecule has 1 saturated heterocycles. The van der Waals surface area contributed by atoms with Gasteiger partial charge < -0.3 is 5.32 Å². The zero-order valence-corrected chi connectivity index (χ0v) is 16.2. The Morgan fingerprint density at radius 1 is 1.30 bits per heavy atom. The highest BCUT2D eigenvalue weighted by molar-refractivity contribution is 7.91. The van der Waals surface area contributed by atoms with E-state index in [4.69, 9.17) is 0 Å². The molecule has 0 aliphatic carbocycles. The molecule has 0 unspecified atom stereocenters. The van der Waals surface area contributed by atoms with E-state index in [1.54, 1.807) is 24.5 Å². The third-order valence-corrected chi connectivity index (χ3v) is 8.17. The average molecular weight is 394 g/mol. The molecule has 3 heterocycles. The lowest BCUT2D eigenvalue weighted by Gasteiger charge is -2.30. The zero-order chi connectivity index (χ0) is 15.7. The van der Waals surface area contributed by atoms with Gasteiger partial charge >= 0.3 is 0 Å². The second-order valence-corrected chi connectivity index (χ2v) is 9.74. The molecule has 3 rings (SSSR count). The number of aromatic nitrogens is 1. The Kier molecular flexibility index (Phi) is 6.21. The molecule has 0 aromatic carbocycles.